The molecule has 0 unspecified atom stereocenters. The largest absolute Gasteiger partial charge is 0.365 e. The molecule has 0 radical (unpaired) electrons. The van der Waals surface area contributed by atoms with Crippen molar-refractivity contribution in [2.75, 3.05) is 0 Å². The second-order valence-corrected chi connectivity index (χ2v) is 4.54. The van der Waals surface area contributed by atoms with Crippen LogP contribution in [0, 0.1) is 25.2 Å². The third-order valence-electron chi connectivity index (χ3n) is 2.32. The molecular formula is C11H9N3OS. The highest BCUT2D eigenvalue weighted by Crippen LogP contribution is 2.31. The number of amides is 1. The number of carbonyl (C=O) groups is 1. The molecule has 0 bridgehead atoms. The lowest BCUT2D eigenvalue weighted by Gasteiger charge is -1.98. The number of nitriles is 1. The molecule has 5 heteroatoms. The van der Waals surface area contributed by atoms with E-state index in [9.17, 15) is 4.79 Å². The number of aromatic nitrogens is 1. The second-order valence-electron chi connectivity index (χ2n) is 3.54. The first-order valence-electron chi connectivity index (χ1n) is 4.65. The molecule has 4 nitrogen and oxygen atoms in total. The Hall–Kier alpha value is -1.93. The van der Waals surface area contributed by atoms with Gasteiger partial charge in [-0.05, 0) is 25.5 Å². The summed E-state index contributed by atoms with van der Waals surface area (Å²) in [6.45, 7) is 3.78. The molecule has 2 aromatic rings. The minimum atomic E-state index is -0.573. The van der Waals surface area contributed by atoms with E-state index >= 15 is 0 Å². The SMILES string of the molecule is Cc1cc(C)c2c(C#N)c(C(N)=O)sc2n1. The highest BCUT2D eigenvalue weighted by molar-refractivity contribution is 7.20. The summed E-state index contributed by atoms with van der Waals surface area (Å²) < 4.78 is 0. The quantitative estimate of drug-likeness (QED) is 0.813. The van der Waals surface area contributed by atoms with Crippen molar-refractivity contribution >= 4 is 27.5 Å². The van der Waals surface area contributed by atoms with Crippen molar-refractivity contribution in [2.45, 2.75) is 13.8 Å². The van der Waals surface area contributed by atoms with Crippen LogP contribution in [0.1, 0.15) is 26.5 Å². The Bertz CT molecular complexity index is 637. The molecule has 2 heterocycles. The molecule has 2 rings (SSSR count). The van der Waals surface area contributed by atoms with Crippen LogP contribution in [-0.2, 0) is 0 Å². The van der Waals surface area contributed by atoms with E-state index in [1.807, 2.05) is 26.0 Å². The fourth-order valence-electron chi connectivity index (χ4n) is 1.72. The molecule has 2 aromatic heterocycles. The second kappa shape index (κ2) is 3.58. The lowest BCUT2D eigenvalue weighted by atomic mass is 10.1. The number of pyridine rings is 1. The molecule has 0 aliphatic rings. The van der Waals surface area contributed by atoms with Gasteiger partial charge in [-0.3, -0.25) is 4.79 Å². The normalized spacial score (nSPS) is 10.3. The number of hydrogen-bond acceptors (Lipinski definition) is 4. The van der Waals surface area contributed by atoms with Crippen LogP contribution in [0.2, 0.25) is 0 Å². The molecule has 16 heavy (non-hydrogen) atoms. The van der Waals surface area contributed by atoms with E-state index in [0.29, 0.717) is 15.3 Å². The van der Waals surface area contributed by atoms with Gasteiger partial charge in [0.15, 0.2) is 0 Å². The Balaban J connectivity index is 2.95. The summed E-state index contributed by atoms with van der Waals surface area (Å²) >= 11 is 1.18. The van der Waals surface area contributed by atoms with E-state index in [4.69, 9.17) is 11.0 Å². The lowest BCUT2D eigenvalue weighted by Crippen LogP contribution is -2.10. The third kappa shape index (κ3) is 1.44. The van der Waals surface area contributed by atoms with Crippen LogP contribution in [0.25, 0.3) is 10.2 Å². The van der Waals surface area contributed by atoms with Gasteiger partial charge in [-0.1, -0.05) is 0 Å². The number of nitrogens with two attached hydrogens (primary N) is 1. The predicted octanol–water partition coefficient (Wildman–Crippen LogP) is 1.88. The maximum Gasteiger partial charge on any atom is 0.260 e. The van der Waals surface area contributed by atoms with Crippen LogP contribution in [-0.4, -0.2) is 10.9 Å². The zero-order valence-electron chi connectivity index (χ0n) is 8.87. The summed E-state index contributed by atoms with van der Waals surface area (Å²) in [5, 5.41) is 9.81. The first-order valence-corrected chi connectivity index (χ1v) is 5.47. The van der Waals surface area contributed by atoms with Crippen LogP contribution in [0.5, 0.6) is 0 Å². The topological polar surface area (TPSA) is 79.8 Å². The molecule has 0 aliphatic heterocycles. The summed E-state index contributed by atoms with van der Waals surface area (Å²) in [6.07, 6.45) is 0. The number of hydrogen-bond donors (Lipinski definition) is 1. The smallest absolute Gasteiger partial charge is 0.260 e. The predicted molar refractivity (Wildman–Crippen MR) is 62.3 cm³/mol. The molecule has 0 saturated heterocycles. The number of nitrogens with zero attached hydrogens (tertiary/aromatic N) is 2. The van der Waals surface area contributed by atoms with Gasteiger partial charge in [-0.2, -0.15) is 5.26 Å². The number of carbonyl (C=O) groups excluding carboxylic acids is 1. The van der Waals surface area contributed by atoms with Crippen molar-refractivity contribution in [3.63, 3.8) is 0 Å². The average molecular weight is 231 g/mol. The zero-order chi connectivity index (χ0) is 11.9. The number of primary amides is 1. The van der Waals surface area contributed by atoms with Crippen LogP contribution in [0.4, 0.5) is 0 Å². The Morgan fingerprint density at radius 2 is 2.25 bits per heavy atom. The van der Waals surface area contributed by atoms with Crippen LogP contribution in [0.15, 0.2) is 6.07 Å². The van der Waals surface area contributed by atoms with Crippen LogP contribution in [0.3, 0.4) is 0 Å². The summed E-state index contributed by atoms with van der Waals surface area (Å²) in [4.78, 5) is 16.5. The molecule has 0 fully saturated rings. The molecule has 1 amide bonds. The molecule has 80 valence electrons. The van der Waals surface area contributed by atoms with E-state index in [0.717, 1.165) is 16.6 Å². The minimum absolute atomic E-state index is 0.290. The van der Waals surface area contributed by atoms with Crippen molar-refractivity contribution in [2.24, 2.45) is 5.73 Å². The van der Waals surface area contributed by atoms with Gasteiger partial charge in [0.05, 0.1) is 5.56 Å². The summed E-state index contributed by atoms with van der Waals surface area (Å²) in [6, 6.07) is 3.92. The van der Waals surface area contributed by atoms with E-state index in [-0.39, 0.29) is 0 Å². The van der Waals surface area contributed by atoms with Gasteiger partial charge >= 0.3 is 0 Å². The van der Waals surface area contributed by atoms with Crippen molar-refractivity contribution in [3.8, 4) is 6.07 Å². The Morgan fingerprint density at radius 1 is 1.56 bits per heavy atom. The van der Waals surface area contributed by atoms with Crippen molar-refractivity contribution in [1.82, 2.24) is 4.98 Å². The van der Waals surface area contributed by atoms with Gasteiger partial charge in [-0.15, -0.1) is 11.3 Å². The summed E-state index contributed by atoms with van der Waals surface area (Å²) in [7, 11) is 0. The van der Waals surface area contributed by atoms with Crippen LogP contribution < -0.4 is 5.73 Å². The number of aryl methyl sites for hydroxylation is 2. The third-order valence-corrected chi connectivity index (χ3v) is 3.42. The van der Waals surface area contributed by atoms with E-state index in [1.165, 1.54) is 11.3 Å². The first kappa shape index (κ1) is 10.6. The molecule has 2 N–H and O–H groups in total. The van der Waals surface area contributed by atoms with E-state index in [2.05, 4.69) is 4.98 Å². The number of rotatable bonds is 1. The fourth-order valence-corrected chi connectivity index (χ4v) is 2.82. The molecule has 0 atom stereocenters. The van der Waals surface area contributed by atoms with Gasteiger partial charge in [0.25, 0.3) is 5.91 Å². The molecule has 0 aliphatic carbocycles. The standard InChI is InChI=1S/C11H9N3OS/c1-5-3-6(2)14-11-8(5)7(4-12)9(16-11)10(13)15/h3H,1-2H3,(H2,13,15). The van der Waals surface area contributed by atoms with E-state index in [1.54, 1.807) is 0 Å². The molecule has 0 aromatic carbocycles. The number of thiophene rings is 1. The zero-order valence-corrected chi connectivity index (χ0v) is 9.68. The molecular weight excluding hydrogens is 222 g/mol. The maximum absolute atomic E-state index is 11.2. The Morgan fingerprint density at radius 3 is 2.81 bits per heavy atom. The highest BCUT2D eigenvalue weighted by atomic mass is 32.1. The molecule has 0 saturated carbocycles. The number of fused-ring (bicyclic) bond motifs is 1. The first-order chi connectivity index (χ1) is 7.54. The maximum atomic E-state index is 11.2. The van der Waals surface area contributed by atoms with Crippen molar-refractivity contribution in [3.05, 3.63) is 27.8 Å². The van der Waals surface area contributed by atoms with Gasteiger partial charge in [0.1, 0.15) is 15.8 Å². The monoisotopic (exact) mass is 231 g/mol. The summed E-state index contributed by atoms with van der Waals surface area (Å²) in [5.41, 5.74) is 7.39. The van der Waals surface area contributed by atoms with Gasteiger partial charge in [-0.25, -0.2) is 4.98 Å². The average Bonchev–Trinajstić information content (AvgIpc) is 2.56. The minimum Gasteiger partial charge on any atom is -0.365 e. The Labute approximate surface area is 96.3 Å². The van der Waals surface area contributed by atoms with Crippen LogP contribution >= 0.6 is 11.3 Å². The van der Waals surface area contributed by atoms with Gasteiger partial charge in [0.2, 0.25) is 0 Å². The fraction of sp³-hybridized carbons (Fsp3) is 0.182. The molecule has 0 spiro atoms. The van der Waals surface area contributed by atoms with Gasteiger partial charge in [0, 0.05) is 11.1 Å². The highest BCUT2D eigenvalue weighted by Gasteiger charge is 2.18. The van der Waals surface area contributed by atoms with Crippen molar-refractivity contribution in [1.29, 1.82) is 5.26 Å². The van der Waals surface area contributed by atoms with Crippen molar-refractivity contribution < 1.29 is 4.79 Å². The summed E-state index contributed by atoms with van der Waals surface area (Å²) in [5.74, 6) is -0.573. The van der Waals surface area contributed by atoms with E-state index < -0.39 is 5.91 Å². The Kier molecular flexibility index (Phi) is 2.37. The lowest BCUT2D eigenvalue weighted by molar-refractivity contribution is 0.100. The van der Waals surface area contributed by atoms with Gasteiger partial charge < -0.3 is 5.73 Å².